The summed E-state index contributed by atoms with van der Waals surface area (Å²) in [6.45, 7) is 2.20. The van der Waals surface area contributed by atoms with Gasteiger partial charge >= 0.3 is 0 Å². The van der Waals surface area contributed by atoms with Gasteiger partial charge < -0.3 is 4.74 Å². The van der Waals surface area contributed by atoms with Gasteiger partial charge in [0.2, 0.25) is 0 Å². The third-order valence-corrected chi connectivity index (χ3v) is 2.86. The molecule has 1 aromatic heterocycles. The number of halogens is 2. The quantitative estimate of drug-likeness (QED) is 0.870. The van der Waals surface area contributed by atoms with Crippen molar-refractivity contribution in [2.24, 2.45) is 7.05 Å². The molecule has 0 amide bonds. The largest absolute Gasteiger partial charge is 0.484 e. The molecule has 0 atom stereocenters. The van der Waals surface area contributed by atoms with E-state index in [2.05, 4.69) is 21.0 Å². The standard InChI is InChI=1S/C12H12BrFN2O/c1-8-5-10(16(2)15-8)7-17-12-6-9(13)3-4-11(12)14/h3-6H,7H2,1-2H3. The topological polar surface area (TPSA) is 27.1 Å². The average Bonchev–Trinajstić information content (AvgIpc) is 2.59. The first-order chi connectivity index (χ1) is 8.06. The molecule has 0 saturated heterocycles. The van der Waals surface area contributed by atoms with Crippen LogP contribution in [0.5, 0.6) is 5.75 Å². The maximum atomic E-state index is 13.4. The Morgan fingerprint density at radius 2 is 2.18 bits per heavy atom. The van der Waals surface area contributed by atoms with Crippen molar-refractivity contribution in [2.45, 2.75) is 13.5 Å². The van der Waals surface area contributed by atoms with Gasteiger partial charge in [-0.2, -0.15) is 5.10 Å². The number of hydrogen-bond donors (Lipinski definition) is 0. The number of benzene rings is 1. The Kier molecular flexibility index (Phi) is 3.47. The lowest BCUT2D eigenvalue weighted by molar-refractivity contribution is 0.280. The van der Waals surface area contributed by atoms with E-state index in [-0.39, 0.29) is 11.6 Å². The maximum Gasteiger partial charge on any atom is 0.165 e. The van der Waals surface area contributed by atoms with Crippen LogP contribution in [0, 0.1) is 12.7 Å². The van der Waals surface area contributed by atoms with Crippen LogP contribution in [0.2, 0.25) is 0 Å². The van der Waals surface area contributed by atoms with Gasteiger partial charge in [0.15, 0.2) is 11.6 Å². The van der Waals surface area contributed by atoms with Gasteiger partial charge in [-0.1, -0.05) is 15.9 Å². The summed E-state index contributed by atoms with van der Waals surface area (Å²) in [4.78, 5) is 0. The number of aromatic nitrogens is 2. The molecule has 0 aliphatic carbocycles. The fourth-order valence-electron chi connectivity index (χ4n) is 1.54. The predicted octanol–water partition coefficient (Wildman–Crippen LogP) is 3.21. The van der Waals surface area contributed by atoms with Crippen LogP contribution in [0.1, 0.15) is 11.4 Å². The minimum Gasteiger partial charge on any atom is -0.484 e. The van der Waals surface area contributed by atoms with Gasteiger partial charge in [-0.05, 0) is 31.2 Å². The lowest BCUT2D eigenvalue weighted by Gasteiger charge is -2.07. The molecule has 0 bridgehead atoms. The second-order valence-corrected chi connectivity index (χ2v) is 4.68. The smallest absolute Gasteiger partial charge is 0.165 e. The Hall–Kier alpha value is -1.36. The fourth-order valence-corrected chi connectivity index (χ4v) is 1.88. The van der Waals surface area contributed by atoms with E-state index in [1.807, 2.05) is 20.0 Å². The van der Waals surface area contributed by atoms with Gasteiger partial charge in [0.05, 0.1) is 11.4 Å². The third kappa shape index (κ3) is 2.85. The highest BCUT2D eigenvalue weighted by Crippen LogP contribution is 2.23. The highest BCUT2D eigenvalue weighted by molar-refractivity contribution is 9.10. The number of hydrogen-bond acceptors (Lipinski definition) is 2. The van der Waals surface area contributed by atoms with Crippen LogP contribution in [0.4, 0.5) is 4.39 Å². The SMILES string of the molecule is Cc1cc(COc2cc(Br)ccc2F)n(C)n1. The summed E-state index contributed by atoms with van der Waals surface area (Å²) in [5, 5.41) is 4.20. The third-order valence-electron chi connectivity index (χ3n) is 2.37. The molecule has 5 heteroatoms. The zero-order valence-electron chi connectivity index (χ0n) is 9.58. The normalized spacial score (nSPS) is 10.6. The highest BCUT2D eigenvalue weighted by Gasteiger charge is 2.07. The van der Waals surface area contributed by atoms with Crippen LogP contribution in [0.25, 0.3) is 0 Å². The number of nitrogens with zero attached hydrogens (tertiary/aromatic N) is 2. The molecular formula is C12H12BrFN2O. The zero-order valence-corrected chi connectivity index (χ0v) is 11.2. The maximum absolute atomic E-state index is 13.4. The summed E-state index contributed by atoms with van der Waals surface area (Å²) in [5.41, 5.74) is 1.82. The molecule has 0 unspecified atom stereocenters. The van der Waals surface area contributed by atoms with Crippen molar-refractivity contribution in [1.29, 1.82) is 0 Å². The van der Waals surface area contributed by atoms with Crippen molar-refractivity contribution in [2.75, 3.05) is 0 Å². The second kappa shape index (κ2) is 4.87. The Morgan fingerprint density at radius 3 is 2.82 bits per heavy atom. The van der Waals surface area contributed by atoms with Gasteiger partial charge in [0, 0.05) is 11.5 Å². The van der Waals surface area contributed by atoms with Crippen molar-refractivity contribution in [3.8, 4) is 5.75 Å². The molecule has 2 rings (SSSR count). The molecule has 1 heterocycles. The van der Waals surface area contributed by atoms with Crippen molar-refractivity contribution in [1.82, 2.24) is 9.78 Å². The number of ether oxygens (including phenoxy) is 1. The predicted molar refractivity (Wildman–Crippen MR) is 66.4 cm³/mol. The molecule has 0 saturated carbocycles. The lowest BCUT2D eigenvalue weighted by atomic mass is 10.3. The van der Waals surface area contributed by atoms with Crippen molar-refractivity contribution >= 4 is 15.9 Å². The monoisotopic (exact) mass is 298 g/mol. The molecule has 2 aromatic rings. The molecule has 0 spiro atoms. The Morgan fingerprint density at radius 1 is 1.41 bits per heavy atom. The van der Waals surface area contributed by atoms with Crippen molar-refractivity contribution < 1.29 is 9.13 Å². The number of rotatable bonds is 3. The molecule has 0 fully saturated rings. The molecule has 0 N–H and O–H groups in total. The van der Waals surface area contributed by atoms with E-state index in [0.717, 1.165) is 15.9 Å². The van der Waals surface area contributed by atoms with Crippen LogP contribution in [-0.4, -0.2) is 9.78 Å². The van der Waals surface area contributed by atoms with E-state index < -0.39 is 0 Å². The van der Waals surface area contributed by atoms with E-state index in [1.165, 1.54) is 6.07 Å². The van der Waals surface area contributed by atoms with Gasteiger partial charge in [0.25, 0.3) is 0 Å². The summed E-state index contributed by atoms with van der Waals surface area (Å²) < 4.78 is 21.4. The number of aryl methyl sites for hydroxylation is 2. The van der Waals surface area contributed by atoms with Crippen LogP contribution < -0.4 is 4.74 Å². The first kappa shape index (κ1) is 12.1. The van der Waals surface area contributed by atoms with E-state index in [1.54, 1.807) is 16.8 Å². The minimum atomic E-state index is -0.368. The lowest BCUT2D eigenvalue weighted by Crippen LogP contribution is -2.03. The summed E-state index contributed by atoms with van der Waals surface area (Å²) in [6.07, 6.45) is 0. The minimum absolute atomic E-state index is 0.234. The van der Waals surface area contributed by atoms with Gasteiger partial charge in [0.1, 0.15) is 6.61 Å². The van der Waals surface area contributed by atoms with Crippen LogP contribution in [0.3, 0.4) is 0 Å². The molecule has 90 valence electrons. The Balaban J connectivity index is 2.12. The van der Waals surface area contributed by atoms with E-state index >= 15 is 0 Å². The summed E-state index contributed by atoms with van der Waals surface area (Å²) in [5.74, 6) is -0.134. The Bertz CT molecular complexity index is 539. The van der Waals surface area contributed by atoms with Gasteiger partial charge in [-0.3, -0.25) is 4.68 Å². The van der Waals surface area contributed by atoms with E-state index in [4.69, 9.17) is 4.74 Å². The Labute approximate surface area is 107 Å². The zero-order chi connectivity index (χ0) is 12.4. The first-order valence-corrected chi connectivity index (χ1v) is 5.93. The molecule has 17 heavy (non-hydrogen) atoms. The fraction of sp³-hybridized carbons (Fsp3) is 0.250. The summed E-state index contributed by atoms with van der Waals surface area (Å²) in [6, 6.07) is 6.53. The summed E-state index contributed by atoms with van der Waals surface area (Å²) >= 11 is 3.28. The van der Waals surface area contributed by atoms with Gasteiger partial charge in [-0.25, -0.2) is 4.39 Å². The van der Waals surface area contributed by atoms with Crippen LogP contribution >= 0.6 is 15.9 Å². The molecule has 0 aliphatic heterocycles. The van der Waals surface area contributed by atoms with Crippen molar-refractivity contribution in [3.63, 3.8) is 0 Å². The molecule has 3 nitrogen and oxygen atoms in total. The summed E-state index contributed by atoms with van der Waals surface area (Å²) in [7, 11) is 1.84. The first-order valence-electron chi connectivity index (χ1n) is 5.13. The molecule has 1 aromatic carbocycles. The van der Waals surface area contributed by atoms with Gasteiger partial charge in [-0.15, -0.1) is 0 Å². The average molecular weight is 299 g/mol. The molecule has 0 aliphatic rings. The van der Waals surface area contributed by atoms with Crippen LogP contribution in [-0.2, 0) is 13.7 Å². The molecule has 0 radical (unpaired) electrons. The van der Waals surface area contributed by atoms with Crippen LogP contribution in [0.15, 0.2) is 28.7 Å². The highest BCUT2D eigenvalue weighted by atomic mass is 79.9. The van der Waals surface area contributed by atoms with E-state index in [0.29, 0.717) is 6.61 Å². The second-order valence-electron chi connectivity index (χ2n) is 3.76. The molecular weight excluding hydrogens is 287 g/mol. The van der Waals surface area contributed by atoms with Crippen molar-refractivity contribution in [3.05, 3.63) is 45.9 Å². The van der Waals surface area contributed by atoms with E-state index in [9.17, 15) is 4.39 Å².